The molecule has 0 aromatic heterocycles. The van der Waals surface area contributed by atoms with E-state index in [1.165, 1.54) is 17.7 Å². The third kappa shape index (κ3) is 7.42. The summed E-state index contributed by atoms with van der Waals surface area (Å²) in [5.41, 5.74) is 1.60. The van der Waals surface area contributed by atoms with Crippen LogP contribution in [-0.2, 0) is 16.0 Å². The molecule has 0 aliphatic carbocycles. The largest absolute Gasteiger partial charge is 0.481 e. The number of aryl methyl sites for hydroxylation is 1. The van der Waals surface area contributed by atoms with Gasteiger partial charge in [-0.3, -0.25) is 0 Å². The number of hydrogen-bond acceptors (Lipinski definition) is 5. The van der Waals surface area contributed by atoms with Crippen LogP contribution < -0.4 is 9.47 Å². The van der Waals surface area contributed by atoms with Gasteiger partial charge in [-0.1, -0.05) is 41.9 Å². The Labute approximate surface area is 194 Å². The molecule has 7 heteroatoms. The van der Waals surface area contributed by atoms with Crippen LogP contribution in [0.1, 0.15) is 22.3 Å². The average molecular weight is 504 g/mol. The van der Waals surface area contributed by atoms with Gasteiger partial charge in [-0.15, -0.1) is 0 Å². The lowest BCUT2D eigenvalue weighted by Crippen LogP contribution is -2.18. The minimum absolute atomic E-state index is 0.272. The first-order valence-corrected chi connectivity index (χ1v) is 10.8. The first-order valence-electron chi connectivity index (χ1n) is 9.61. The first-order chi connectivity index (χ1) is 15.0. The van der Waals surface area contributed by atoms with Crippen molar-refractivity contribution in [3.05, 3.63) is 93.4 Å². The quantitative estimate of drug-likeness (QED) is 0.207. The summed E-state index contributed by atoms with van der Waals surface area (Å²) >= 11 is 9.19. The van der Waals surface area contributed by atoms with Crippen molar-refractivity contribution in [2.75, 3.05) is 13.2 Å². The SMILES string of the molecule is O=C(COc1ccc(Cl)cc1Br)Oc1ccc(C(=O)OCCCc2ccccc2)cc1. The topological polar surface area (TPSA) is 61.8 Å². The molecule has 160 valence electrons. The van der Waals surface area contributed by atoms with Crippen molar-refractivity contribution in [1.82, 2.24) is 0 Å². The van der Waals surface area contributed by atoms with Gasteiger partial charge in [0.2, 0.25) is 0 Å². The minimum Gasteiger partial charge on any atom is -0.481 e. The number of ether oxygens (including phenoxy) is 3. The summed E-state index contributed by atoms with van der Waals surface area (Å²) in [5, 5.41) is 0.552. The molecule has 0 N–H and O–H groups in total. The van der Waals surface area contributed by atoms with Crippen LogP contribution in [0.3, 0.4) is 0 Å². The van der Waals surface area contributed by atoms with Gasteiger partial charge in [0.05, 0.1) is 16.6 Å². The fourth-order valence-electron chi connectivity index (χ4n) is 2.72. The Morgan fingerprint density at radius 3 is 2.39 bits per heavy atom. The normalized spacial score (nSPS) is 10.4. The Morgan fingerprint density at radius 1 is 0.935 bits per heavy atom. The number of hydrogen-bond donors (Lipinski definition) is 0. The van der Waals surface area contributed by atoms with Crippen LogP contribution in [0.2, 0.25) is 5.02 Å². The van der Waals surface area contributed by atoms with E-state index in [0.29, 0.717) is 33.2 Å². The van der Waals surface area contributed by atoms with Crippen molar-refractivity contribution in [1.29, 1.82) is 0 Å². The molecule has 0 aliphatic heterocycles. The summed E-state index contributed by atoms with van der Waals surface area (Å²) in [6.45, 7) is 0.0630. The van der Waals surface area contributed by atoms with E-state index in [0.717, 1.165) is 12.8 Å². The van der Waals surface area contributed by atoms with E-state index in [9.17, 15) is 9.59 Å². The lowest BCUT2D eigenvalue weighted by Gasteiger charge is -2.09. The van der Waals surface area contributed by atoms with E-state index in [2.05, 4.69) is 15.9 Å². The van der Waals surface area contributed by atoms with Crippen molar-refractivity contribution >= 4 is 39.5 Å². The molecular weight excluding hydrogens is 484 g/mol. The molecule has 3 rings (SSSR count). The van der Waals surface area contributed by atoms with E-state index >= 15 is 0 Å². The van der Waals surface area contributed by atoms with Gasteiger partial charge in [-0.2, -0.15) is 0 Å². The molecule has 0 amide bonds. The van der Waals surface area contributed by atoms with Crippen LogP contribution >= 0.6 is 27.5 Å². The zero-order valence-electron chi connectivity index (χ0n) is 16.6. The number of carbonyl (C=O) groups is 2. The van der Waals surface area contributed by atoms with Crippen LogP contribution in [0.4, 0.5) is 0 Å². The molecule has 5 nitrogen and oxygen atoms in total. The molecule has 3 aromatic carbocycles. The van der Waals surface area contributed by atoms with E-state index in [4.69, 9.17) is 25.8 Å². The Bertz CT molecular complexity index is 1020. The zero-order valence-corrected chi connectivity index (χ0v) is 18.9. The number of esters is 2. The summed E-state index contributed by atoms with van der Waals surface area (Å²) < 4.78 is 16.6. The molecule has 0 unspecified atom stereocenters. The van der Waals surface area contributed by atoms with Crippen LogP contribution in [0, 0.1) is 0 Å². The minimum atomic E-state index is -0.571. The lowest BCUT2D eigenvalue weighted by atomic mass is 10.1. The fourth-order valence-corrected chi connectivity index (χ4v) is 3.52. The van der Waals surface area contributed by atoms with Crippen LogP contribution in [0.5, 0.6) is 11.5 Å². The third-order valence-electron chi connectivity index (χ3n) is 4.25. The highest BCUT2D eigenvalue weighted by atomic mass is 79.9. The highest BCUT2D eigenvalue weighted by Crippen LogP contribution is 2.28. The van der Waals surface area contributed by atoms with Gasteiger partial charge in [0.25, 0.3) is 0 Å². The molecule has 0 fully saturated rings. The summed E-state index contributed by atoms with van der Waals surface area (Å²) in [5.74, 6) is -0.198. The van der Waals surface area contributed by atoms with Crippen molar-refractivity contribution in [2.24, 2.45) is 0 Å². The lowest BCUT2D eigenvalue weighted by molar-refractivity contribution is -0.136. The summed E-state index contributed by atoms with van der Waals surface area (Å²) in [7, 11) is 0. The zero-order chi connectivity index (χ0) is 22.1. The first kappa shape index (κ1) is 22.8. The molecule has 0 atom stereocenters. The fraction of sp³-hybridized carbons (Fsp3) is 0.167. The maximum absolute atomic E-state index is 12.1. The van der Waals surface area contributed by atoms with Crippen molar-refractivity contribution in [2.45, 2.75) is 12.8 Å². The molecule has 0 radical (unpaired) electrons. The van der Waals surface area contributed by atoms with Crippen molar-refractivity contribution < 1.29 is 23.8 Å². The van der Waals surface area contributed by atoms with Crippen molar-refractivity contribution in [3.8, 4) is 11.5 Å². The van der Waals surface area contributed by atoms with Crippen LogP contribution in [-0.4, -0.2) is 25.2 Å². The monoisotopic (exact) mass is 502 g/mol. The van der Waals surface area contributed by atoms with Gasteiger partial charge >= 0.3 is 11.9 Å². The second kappa shape index (κ2) is 11.5. The second-order valence-corrected chi connectivity index (χ2v) is 7.88. The predicted octanol–water partition coefficient (Wildman–Crippen LogP) is 5.88. The molecular formula is C24H20BrClO5. The maximum atomic E-state index is 12.1. The molecule has 0 aliphatic rings. The third-order valence-corrected chi connectivity index (χ3v) is 5.10. The summed E-state index contributed by atoms with van der Waals surface area (Å²) in [6, 6.07) is 21.2. The molecule has 0 heterocycles. The highest BCUT2D eigenvalue weighted by molar-refractivity contribution is 9.10. The van der Waals surface area contributed by atoms with Crippen LogP contribution in [0.25, 0.3) is 0 Å². The molecule has 0 bridgehead atoms. The van der Waals surface area contributed by atoms with Gasteiger partial charge in [-0.25, -0.2) is 9.59 Å². The molecule has 31 heavy (non-hydrogen) atoms. The number of carbonyl (C=O) groups excluding carboxylic acids is 2. The summed E-state index contributed by atoms with van der Waals surface area (Å²) in [4.78, 5) is 24.1. The summed E-state index contributed by atoms with van der Waals surface area (Å²) in [6.07, 6.45) is 1.59. The van der Waals surface area contributed by atoms with Gasteiger partial charge in [0.1, 0.15) is 11.5 Å². The van der Waals surface area contributed by atoms with E-state index in [1.54, 1.807) is 30.3 Å². The van der Waals surface area contributed by atoms with Crippen molar-refractivity contribution in [3.63, 3.8) is 0 Å². The van der Waals surface area contributed by atoms with Gasteiger partial charge < -0.3 is 14.2 Å². The predicted molar refractivity (Wildman–Crippen MR) is 122 cm³/mol. The highest BCUT2D eigenvalue weighted by Gasteiger charge is 2.11. The Hall–Kier alpha value is -2.83. The van der Waals surface area contributed by atoms with Gasteiger partial charge in [-0.05, 0) is 76.8 Å². The molecule has 0 saturated carbocycles. The number of halogens is 2. The maximum Gasteiger partial charge on any atom is 0.349 e. The van der Waals surface area contributed by atoms with Gasteiger partial charge in [0, 0.05) is 5.02 Å². The Morgan fingerprint density at radius 2 is 1.68 bits per heavy atom. The Kier molecular flexibility index (Phi) is 8.50. The number of benzene rings is 3. The van der Waals surface area contributed by atoms with E-state index in [1.807, 2.05) is 30.3 Å². The smallest absolute Gasteiger partial charge is 0.349 e. The van der Waals surface area contributed by atoms with E-state index < -0.39 is 11.9 Å². The van der Waals surface area contributed by atoms with E-state index in [-0.39, 0.29) is 6.61 Å². The number of rotatable bonds is 9. The average Bonchev–Trinajstić information content (AvgIpc) is 2.77. The standard InChI is InChI=1S/C24H20BrClO5/c25-21-15-19(26)10-13-22(21)30-16-23(27)31-20-11-8-18(9-12-20)24(28)29-14-4-7-17-5-2-1-3-6-17/h1-3,5-6,8-13,15H,4,7,14,16H2. The molecule has 0 saturated heterocycles. The van der Waals surface area contributed by atoms with Crippen LogP contribution in [0.15, 0.2) is 77.3 Å². The van der Waals surface area contributed by atoms with Gasteiger partial charge in [0.15, 0.2) is 6.61 Å². The second-order valence-electron chi connectivity index (χ2n) is 6.59. The Balaban J connectivity index is 1.41. The molecule has 3 aromatic rings. The molecule has 0 spiro atoms.